The van der Waals surface area contributed by atoms with Crippen LogP contribution < -0.4 is 0 Å². The molecule has 2 aromatic rings. The van der Waals surface area contributed by atoms with Crippen molar-refractivity contribution in [1.29, 1.82) is 0 Å². The van der Waals surface area contributed by atoms with Gasteiger partial charge in [0.15, 0.2) is 0 Å². The second kappa shape index (κ2) is 9.42. The molecule has 1 heterocycles. The van der Waals surface area contributed by atoms with Crippen LogP contribution in [0.2, 0.25) is 0 Å². The first-order valence-electron chi connectivity index (χ1n) is 9.98. The Morgan fingerprint density at radius 2 is 1.39 bits per heavy atom. The molecule has 0 aromatic heterocycles. The molecule has 154 valence electrons. The maximum Gasteiger partial charge on any atom is 0.0978 e. The van der Waals surface area contributed by atoms with Crippen LogP contribution in [-0.2, 0) is 14.0 Å². The first-order valence-corrected chi connectivity index (χ1v) is 11.5. The molecule has 0 bridgehead atoms. The van der Waals surface area contributed by atoms with Crippen LogP contribution in [0.15, 0.2) is 70.5 Å². The van der Waals surface area contributed by atoms with Gasteiger partial charge in [0, 0.05) is 34.0 Å². The molecule has 0 radical (unpaired) electrons. The summed E-state index contributed by atoms with van der Waals surface area (Å²) in [5.74, 6) is 0. The van der Waals surface area contributed by atoms with Crippen LogP contribution in [0.25, 0.3) is 0 Å². The third-order valence-electron chi connectivity index (χ3n) is 5.02. The fourth-order valence-electron chi connectivity index (χ4n) is 3.69. The van der Waals surface area contributed by atoms with Crippen molar-refractivity contribution in [3.63, 3.8) is 0 Å². The third-order valence-corrected chi connectivity index (χ3v) is 9.13. The number of benzene rings is 2. The summed E-state index contributed by atoms with van der Waals surface area (Å²) in [6.07, 6.45) is 2.19. The topological polar surface area (TPSA) is 47.9 Å². The van der Waals surface area contributed by atoms with E-state index in [4.69, 9.17) is 19.1 Å². The molecule has 3 rings (SSSR count). The Bertz CT molecular complexity index is 675. The zero-order valence-corrected chi connectivity index (χ0v) is 17.9. The fourth-order valence-corrected chi connectivity index (χ4v) is 7.43. The number of aliphatic hydroxyl groups excluding tert-OH is 1. The molecule has 0 spiro atoms. The summed E-state index contributed by atoms with van der Waals surface area (Å²) in [5, 5.41) is 9.08. The minimum Gasteiger partial charge on any atom is -0.396 e. The van der Waals surface area contributed by atoms with Crippen LogP contribution in [-0.4, -0.2) is 35.3 Å². The molecular formula is C23H32O4S. The molecule has 0 amide bonds. The largest absolute Gasteiger partial charge is 0.396 e. The minimum absolute atomic E-state index is 0.0140. The van der Waals surface area contributed by atoms with Crippen molar-refractivity contribution in [3.8, 4) is 0 Å². The van der Waals surface area contributed by atoms with E-state index in [-0.39, 0.29) is 23.6 Å². The summed E-state index contributed by atoms with van der Waals surface area (Å²) in [4.78, 5) is 13.2. The zero-order chi connectivity index (χ0) is 20.0. The Morgan fingerprint density at radius 1 is 0.893 bits per heavy atom. The minimum atomic E-state index is -1.72. The van der Waals surface area contributed by atoms with Crippen molar-refractivity contribution in [2.45, 2.75) is 66.8 Å². The molecule has 1 N–H and O–H groups in total. The van der Waals surface area contributed by atoms with Gasteiger partial charge in [-0.1, -0.05) is 46.7 Å². The smallest absolute Gasteiger partial charge is 0.0978 e. The SMILES string of the molecule is CC(C)(C)S(OCCC1CC(CCO)OO1)(c1ccccc1)c1ccccc1. The van der Waals surface area contributed by atoms with E-state index in [0.29, 0.717) is 13.0 Å². The number of hydrogen-bond acceptors (Lipinski definition) is 4. The molecule has 1 fully saturated rings. The number of hydrogen-bond donors (Lipinski definition) is 1. The van der Waals surface area contributed by atoms with Gasteiger partial charge in [-0.05, 0) is 51.5 Å². The lowest BCUT2D eigenvalue weighted by molar-refractivity contribution is -0.298. The molecule has 0 saturated carbocycles. The van der Waals surface area contributed by atoms with Crippen molar-refractivity contribution >= 4 is 10.3 Å². The highest BCUT2D eigenvalue weighted by Gasteiger charge is 2.41. The maximum atomic E-state index is 9.08. The first kappa shape index (κ1) is 21.3. The van der Waals surface area contributed by atoms with E-state index >= 15 is 0 Å². The lowest BCUT2D eigenvalue weighted by atomic mass is 10.1. The standard InChI is InChI=1S/C23H32O4S/c1-23(2,3)28(21-10-6-4-7-11-21,22-12-8-5-9-13-22)25-17-15-20-18-19(14-16-24)26-27-20/h4-13,19-20,24H,14-18H2,1-3H3. The summed E-state index contributed by atoms with van der Waals surface area (Å²) in [6, 6.07) is 21.2. The van der Waals surface area contributed by atoms with Gasteiger partial charge in [-0.2, -0.15) is 0 Å². The van der Waals surface area contributed by atoms with Crippen LogP contribution in [0, 0.1) is 0 Å². The zero-order valence-electron chi connectivity index (χ0n) is 17.0. The van der Waals surface area contributed by atoms with Gasteiger partial charge in [0.05, 0.1) is 18.8 Å². The highest BCUT2D eigenvalue weighted by atomic mass is 32.3. The monoisotopic (exact) mass is 404 g/mol. The van der Waals surface area contributed by atoms with Crippen LogP contribution in [0.4, 0.5) is 0 Å². The lowest BCUT2D eigenvalue weighted by Crippen LogP contribution is -2.28. The van der Waals surface area contributed by atoms with Gasteiger partial charge < -0.3 is 9.29 Å². The van der Waals surface area contributed by atoms with Gasteiger partial charge in [0.25, 0.3) is 0 Å². The van der Waals surface area contributed by atoms with Crippen molar-refractivity contribution in [1.82, 2.24) is 0 Å². The number of rotatable bonds is 8. The predicted molar refractivity (Wildman–Crippen MR) is 113 cm³/mol. The van der Waals surface area contributed by atoms with Gasteiger partial charge in [-0.15, -0.1) is 0 Å². The quantitative estimate of drug-likeness (QED) is 0.590. The number of aliphatic hydroxyl groups is 1. The van der Waals surface area contributed by atoms with E-state index in [1.54, 1.807) is 0 Å². The molecule has 4 nitrogen and oxygen atoms in total. The Labute approximate surface area is 170 Å². The maximum absolute atomic E-state index is 9.08. The van der Waals surface area contributed by atoms with Gasteiger partial charge >= 0.3 is 0 Å². The highest BCUT2D eigenvalue weighted by Crippen LogP contribution is 2.71. The third kappa shape index (κ3) is 4.61. The van der Waals surface area contributed by atoms with Crippen LogP contribution >= 0.6 is 10.3 Å². The predicted octanol–water partition coefficient (Wildman–Crippen LogP) is 5.50. The summed E-state index contributed by atoms with van der Waals surface area (Å²) in [7, 11) is -1.72. The van der Waals surface area contributed by atoms with Gasteiger partial charge in [-0.3, -0.25) is 0 Å². The molecule has 0 aliphatic carbocycles. The second-order valence-corrected chi connectivity index (χ2v) is 11.6. The summed E-state index contributed by atoms with van der Waals surface area (Å²) in [6.45, 7) is 7.49. The summed E-state index contributed by atoms with van der Waals surface area (Å²) in [5.41, 5.74) is 0. The molecule has 1 aliphatic heterocycles. The van der Waals surface area contributed by atoms with E-state index in [1.165, 1.54) is 9.79 Å². The Kier molecular flexibility index (Phi) is 7.18. The molecule has 2 aromatic carbocycles. The van der Waals surface area contributed by atoms with Crippen molar-refractivity contribution in [2.24, 2.45) is 0 Å². The molecule has 1 aliphatic rings. The Morgan fingerprint density at radius 3 is 1.86 bits per heavy atom. The van der Waals surface area contributed by atoms with Crippen LogP contribution in [0.3, 0.4) is 0 Å². The van der Waals surface area contributed by atoms with Gasteiger partial charge in [0.1, 0.15) is 0 Å². The summed E-state index contributed by atoms with van der Waals surface area (Å²) >= 11 is 0. The first-order chi connectivity index (χ1) is 13.5. The Hall–Kier alpha value is -1.37. The lowest BCUT2D eigenvalue weighted by Gasteiger charge is -2.50. The van der Waals surface area contributed by atoms with Crippen molar-refractivity contribution < 1.29 is 19.1 Å². The van der Waals surface area contributed by atoms with Gasteiger partial charge in [0.2, 0.25) is 0 Å². The van der Waals surface area contributed by atoms with E-state index in [1.807, 2.05) is 12.1 Å². The summed E-state index contributed by atoms with van der Waals surface area (Å²) < 4.78 is 6.74. The molecule has 2 unspecified atom stereocenters. The van der Waals surface area contributed by atoms with E-state index in [9.17, 15) is 0 Å². The molecule has 28 heavy (non-hydrogen) atoms. The fraction of sp³-hybridized carbons (Fsp3) is 0.478. The molecule has 5 heteroatoms. The normalized spacial score (nSPS) is 21.0. The van der Waals surface area contributed by atoms with Crippen molar-refractivity contribution in [3.05, 3.63) is 60.7 Å². The van der Waals surface area contributed by atoms with Gasteiger partial charge in [-0.25, -0.2) is 9.78 Å². The highest BCUT2D eigenvalue weighted by molar-refractivity contribution is 8.31. The van der Waals surface area contributed by atoms with Crippen molar-refractivity contribution in [2.75, 3.05) is 13.2 Å². The van der Waals surface area contributed by atoms with E-state index < -0.39 is 10.3 Å². The average molecular weight is 405 g/mol. The molecular weight excluding hydrogens is 372 g/mol. The van der Waals surface area contributed by atoms with Crippen LogP contribution in [0.5, 0.6) is 0 Å². The van der Waals surface area contributed by atoms with E-state index in [0.717, 1.165) is 12.8 Å². The average Bonchev–Trinajstić information content (AvgIpc) is 3.13. The van der Waals surface area contributed by atoms with E-state index in [2.05, 4.69) is 69.3 Å². The van der Waals surface area contributed by atoms with Crippen LogP contribution in [0.1, 0.15) is 40.0 Å². The second-order valence-electron chi connectivity index (χ2n) is 8.09. The molecule has 1 saturated heterocycles. The Balaban J connectivity index is 1.83. The molecule has 2 atom stereocenters.